The Labute approximate surface area is 107 Å². The Morgan fingerprint density at radius 1 is 1.41 bits per heavy atom. The summed E-state index contributed by atoms with van der Waals surface area (Å²) in [5.41, 5.74) is 1.42. The van der Waals surface area contributed by atoms with Gasteiger partial charge < -0.3 is 9.84 Å². The molecule has 0 spiro atoms. The van der Waals surface area contributed by atoms with Gasteiger partial charge in [0.25, 0.3) is 0 Å². The van der Waals surface area contributed by atoms with Gasteiger partial charge in [0.15, 0.2) is 0 Å². The third kappa shape index (κ3) is 3.01. The van der Waals surface area contributed by atoms with Crippen molar-refractivity contribution < 1.29 is 9.84 Å². The van der Waals surface area contributed by atoms with Gasteiger partial charge in [0.1, 0.15) is 5.75 Å². The summed E-state index contributed by atoms with van der Waals surface area (Å²) in [6.45, 7) is 1.74. The Kier molecular flexibility index (Phi) is 3.71. The van der Waals surface area contributed by atoms with E-state index in [0.29, 0.717) is 17.0 Å². The first-order chi connectivity index (χ1) is 8.19. The zero-order valence-corrected chi connectivity index (χ0v) is 10.8. The van der Waals surface area contributed by atoms with Gasteiger partial charge in [0, 0.05) is 16.2 Å². The topological polar surface area (TPSA) is 55.2 Å². The largest absolute Gasteiger partial charge is 0.424 e. The highest BCUT2D eigenvalue weighted by molar-refractivity contribution is 9.10. The van der Waals surface area contributed by atoms with Crippen molar-refractivity contribution in [3.63, 3.8) is 0 Å². The maximum Gasteiger partial charge on any atom is 0.322 e. The second kappa shape index (κ2) is 5.25. The molecule has 0 aliphatic rings. The van der Waals surface area contributed by atoms with Gasteiger partial charge in [0.05, 0.1) is 12.3 Å². The van der Waals surface area contributed by atoms with Crippen LogP contribution in [0, 0.1) is 6.92 Å². The highest BCUT2D eigenvalue weighted by Gasteiger charge is 2.04. The van der Waals surface area contributed by atoms with Crippen molar-refractivity contribution in [3.05, 3.63) is 46.2 Å². The number of rotatable bonds is 3. The molecule has 0 saturated heterocycles. The van der Waals surface area contributed by atoms with E-state index in [2.05, 4.69) is 25.9 Å². The lowest BCUT2D eigenvalue weighted by Crippen LogP contribution is -1.98. The summed E-state index contributed by atoms with van der Waals surface area (Å²) in [5.74, 6) is 0.663. The monoisotopic (exact) mass is 294 g/mol. The Hall–Kier alpha value is -1.46. The fourth-order valence-corrected chi connectivity index (χ4v) is 1.69. The van der Waals surface area contributed by atoms with Gasteiger partial charge in [-0.25, -0.2) is 4.98 Å². The number of benzene rings is 1. The van der Waals surface area contributed by atoms with Gasteiger partial charge in [-0.15, -0.1) is 0 Å². The van der Waals surface area contributed by atoms with Gasteiger partial charge in [-0.05, 0) is 25.1 Å². The predicted octanol–water partition coefficient (Wildman–Crippen LogP) is 2.83. The third-order valence-corrected chi connectivity index (χ3v) is 2.73. The van der Waals surface area contributed by atoms with E-state index in [4.69, 9.17) is 9.84 Å². The van der Waals surface area contributed by atoms with Crippen LogP contribution in [0.5, 0.6) is 11.8 Å². The van der Waals surface area contributed by atoms with Crippen LogP contribution in [0.1, 0.15) is 11.3 Å². The molecule has 0 radical (unpaired) electrons. The second-order valence-corrected chi connectivity index (χ2v) is 4.40. The number of aliphatic hydroxyl groups is 1. The molecule has 1 N–H and O–H groups in total. The summed E-state index contributed by atoms with van der Waals surface area (Å²) < 4.78 is 6.43. The van der Waals surface area contributed by atoms with Gasteiger partial charge in [0.2, 0.25) is 0 Å². The Morgan fingerprint density at radius 2 is 2.24 bits per heavy atom. The number of halogens is 1. The average molecular weight is 295 g/mol. The van der Waals surface area contributed by atoms with E-state index in [9.17, 15) is 0 Å². The van der Waals surface area contributed by atoms with Gasteiger partial charge >= 0.3 is 6.01 Å². The van der Waals surface area contributed by atoms with Gasteiger partial charge in [-0.1, -0.05) is 22.0 Å². The highest BCUT2D eigenvalue weighted by Crippen LogP contribution is 2.22. The molecule has 1 aromatic carbocycles. The summed E-state index contributed by atoms with van der Waals surface area (Å²) in [6, 6.07) is 7.71. The SMILES string of the molecule is Cc1nc(Oc2cccc(Br)c2)ncc1CO. The number of aromatic nitrogens is 2. The minimum absolute atomic E-state index is 0.0665. The van der Waals surface area contributed by atoms with Crippen molar-refractivity contribution in [2.75, 3.05) is 0 Å². The lowest BCUT2D eigenvalue weighted by molar-refractivity contribution is 0.279. The summed E-state index contributed by atoms with van der Waals surface area (Å²) in [6.07, 6.45) is 1.57. The van der Waals surface area contributed by atoms with Crippen LogP contribution in [0.2, 0.25) is 0 Å². The first-order valence-electron chi connectivity index (χ1n) is 5.06. The molecule has 17 heavy (non-hydrogen) atoms. The molecule has 0 unspecified atom stereocenters. The normalized spacial score (nSPS) is 10.3. The van der Waals surface area contributed by atoms with E-state index in [1.54, 1.807) is 13.1 Å². The van der Waals surface area contributed by atoms with Crippen LogP contribution in [0.4, 0.5) is 0 Å². The third-order valence-electron chi connectivity index (χ3n) is 2.23. The van der Waals surface area contributed by atoms with Crippen LogP contribution < -0.4 is 4.74 Å². The number of ether oxygens (including phenoxy) is 1. The summed E-state index contributed by atoms with van der Waals surface area (Å²) >= 11 is 3.36. The zero-order chi connectivity index (χ0) is 12.3. The molecular weight excluding hydrogens is 284 g/mol. The molecule has 0 bridgehead atoms. The Bertz CT molecular complexity index is 532. The molecule has 4 nitrogen and oxygen atoms in total. The minimum atomic E-state index is -0.0665. The molecule has 0 aliphatic heterocycles. The highest BCUT2D eigenvalue weighted by atomic mass is 79.9. The molecule has 0 saturated carbocycles. The molecule has 2 aromatic rings. The van der Waals surface area contributed by atoms with Crippen LogP contribution in [-0.4, -0.2) is 15.1 Å². The number of nitrogens with zero attached hydrogens (tertiary/aromatic N) is 2. The van der Waals surface area contributed by atoms with E-state index in [0.717, 1.165) is 4.47 Å². The molecule has 1 aromatic heterocycles. The molecule has 0 fully saturated rings. The predicted molar refractivity (Wildman–Crippen MR) is 66.9 cm³/mol. The average Bonchev–Trinajstić information content (AvgIpc) is 2.29. The van der Waals surface area contributed by atoms with Crippen LogP contribution in [0.3, 0.4) is 0 Å². The molecule has 0 amide bonds. The lowest BCUT2D eigenvalue weighted by Gasteiger charge is -2.06. The maximum absolute atomic E-state index is 9.01. The first kappa shape index (κ1) is 12.0. The molecule has 88 valence electrons. The smallest absolute Gasteiger partial charge is 0.322 e. The fourth-order valence-electron chi connectivity index (χ4n) is 1.31. The molecular formula is C12H11BrN2O2. The van der Waals surface area contributed by atoms with Crippen molar-refractivity contribution in [2.45, 2.75) is 13.5 Å². The number of hydrogen-bond donors (Lipinski definition) is 1. The Balaban J connectivity index is 2.22. The number of aliphatic hydroxyl groups excluding tert-OH is 1. The van der Waals surface area contributed by atoms with Crippen LogP contribution in [0.15, 0.2) is 34.9 Å². The summed E-state index contributed by atoms with van der Waals surface area (Å²) in [7, 11) is 0. The van der Waals surface area contributed by atoms with E-state index in [-0.39, 0.29) is 12.6 Å². The first-order valence-corrected chi connectivity index (χ1v) is 5.85. The van der Waals surface area contributed by atoms with Crippen molar-refractivity contribution in [1.29, 1.82) is 0 Å². The molecule has 5 heteroatoms. The van der Waals surface area contributed by atoms with E-state index in [1.807, 2.05) is 24.3 Å². The summed E-state index contributed by atoms with van der Waals surface area (Å²) in [4.78, 5) is 8.19. The van der Waals surface area contributed by atoms with Crippen LogP contribution in [0.25, 0.3) is 0 Å². The van der Waals surface area contributed by atoms with Crippen LogP contribution in [-0.2, 0) is 6.61 Å². The summed E-state index contributed by atoms with van der Waals surface area (Å²) in [5, 5.41) is 9.01. The molecule has 0 aliphatic carbocycles. The van der Waals surface area contributed by atoms with Gasteiger partial charge in [-0.2, -0.15) is 4.98 Å². The van der Waals surface area contributed by atoms with Crippen molar-refractivity contribution in [3.8, 4) is 11.8 Å². The minimum Gasteiger partial charge on any atom is -0.424 e. The quantitative estimate of drug-likeness (QED) is 0.946. The fraction of sp³-hybridized carbons (Fsp3) is 0.167. The maximum atomic E-state index is 9.01. The zero-order valence-electron chi connectivity index (χ0n) is 9.22. The number of hydrogen-bond acceptors (Lipinski definition) is 4. The van der Waals surface area contributed by atoms with Crippen molar-refractivity contribution in [1.82, 2.24) is 9.97 Å². The van der Waals surface area contributed by atoms with E-state index >= 15 is 0 Å². The van der Waals surface area contributed by atoms with Crippen molar-refractivity contribution >= 4 is 15.9 Å². The van der Waals surface area contributed by atoms with Gasteiger partial charge in [-0.3, -0.25) is 0 Å². The van der Waals surface area contributed by atoms with E-state index < -0.39 is 0 Å². The molecule has 1 heterocycles. The standard InChI is InChI=1S/C12H11BrN2O2/c1-8-9(7-16)6-14-12(15-8)17-11-4-2-3-10(13)5-11/h2-6,16H,7H2,1H3. The second-order valence-electron chi connectivity index (χ2n) is 3.48. The molecule has 0 atom stereocenters. The van der Waals surface area contributed by atoms with Crippen LogP contribution >= 0.6 is 15.9 Å². The number of aryl methyl sites for hydroxylation is 1. The van der Waals surface area contributed by atoms with Crippen molar-refractivity contribution in [2.24, 2.45) is 0 Å². The van der Waals surface area contributed by atoms with E-state index in [1.165, 1.54) is 0 Å². The lowest BCUT2D eigenvalue weighted by atomic mass is 10.3. The molecule has 2 rings (SSSR count). The Morgan fingerprint density at radius 3 is 2.88 bits per heavy atom.